The average molecular weight is 266 g/mol. The van der Waals surface area contributed by atoms with E-state index in [0.29, 0.717) is 0 Å². The Balaban J connectivity index is 2.00. The van der Waals surface area contributed by atoms with Crippen molar-refractivity contribution in [3.05, 3.63) is 64.2 Å². The molecule has 0 spiro atoms. The van der Waals surface area contributed by atoms with E-state index in [1.54, 1.807) is 0 Å². The SMILES string of the molecule is Cc1cccc(C(=O)c2ccc3c(c2)CCCO3)c1C. The first-order valence-corrected chi connectivity index (χ1v) is 7.03. The summed E-state index contributed by atoms with van der Waals surface area (Å²) in [6.07, 6.45) is 2.01. The van der Waals surface area contributed by atoms with Crippen LogP contribution in [0.15, 0.2) is 36.4 Å². The molecule has 0 aromatic heterocycles. The van der Waals surface area contributed by atoms with E-state index < -0.39 is 0 Å². The molecule has 2 nitrogen and oxygen atoms in total. The van der Waals surface area contributed by atoms with Gasteiger partial charge >= 0.3 is 0 Å². The Kier molecular flexibility index (Phi) is 3.31. The number of ether oxygens (including phenoxy) is 1. The molecule has 0 bridgehead atoms. The number of hydrogen-bond acceptors (Lipinski definition) is 2. The average Bonchev–Trinajstić information content (AvgIpc) is 2.49. The predicted octanol–water partition coefficient (Wildman–Crippen LogP) is 3.86. The van der Waals surface area contributed by atoms with Crippen LogP contribution in [0.2, 0.25) is 0 Å². The molecule has 0 radical (unpaired) electrons. The molecule has 2 aromatic rings. The van der Waals surface area contributed by atoms with Gasteiger partial charge in [0.05, 0.1) is 6.61 Å². The zero-order valence-electron chi connectivity index (χ0n) is 11.9. The highest BCUT2D eigenvalue weighted by Crippen LogP contribution is 2.27. The fourth-order valence-corrected chi connectivity index (χ4v) is 2.65. The molecule has 0 aliphatic carbocycles. The smallest absolute Gasteiger partial charge is 0.193 e. The Morgan fingerprint density at radius 1 is 1.15 bits per heavy atom. The standard InChI is InChI=1S/C18H18O2/c1-12-5-3-7-16(13(12)2)18(19)15-8-9-17-14(11-15)6-4-10-20-17/h3,5,7-9,11H,4,6,10H2,1-2H3. The van der Waals surface area contributed by atoms with Crippen LogP contribution >= 0.6 is 0 Å². The maximum Gasteiger partial charge on any atom is 0.193 e. The molecule has 1 aliphatic heterocycles. The van der Waals surface area contributed by atoms with Crippen LogP contribution in [-0.2, 0) is 6.42 Å². The third kappa shape index (κ3) is 2.22. The first kappa shape index (κ1) is 12.9. The Bertz CT molecular complexity index is 671. The molecule has 0 fully saturated rings. The fourth-order valence-electron chi connectivity index (χ4n) is 2.65. The van der Waals surface area contributed by atoms with E-state index in [9.17, 15) is 4.79 Å². The van der Waals surface area contributed by atoms with Gasteiger partial charge in [0.15, 0.2) is 5.78 Å². The van der Waals surface area contributed by atoms with Crippen LogP contribution in [0.25, 0.3) is 0 Å². The number of carbonyl (C=O) groups excluding carboxylic acids is 1. The van der Waals surface area contributed by atoms with Crippen LogP contribution in [0, 0.1) is 13.8 Å². The number of fused-ring (bicyclic) bond motifs is 1. The maximum atomic E-state index is 12.7. The highest BCUT2D eigenvalue weighted by molar-refractivity contribution is 6.10. The lowest BCUT2D eigenvalue weighted by atomic mass is 9.94. The van der Waals surface area contributed by atoms with Crippen molar-refractivity contribution in [2.75, 3.05) is 6.61 Å². The zero-order valence-corrected chi connectivity index (χ0v) is 11.9. The van der Waals surface area contributed by atoms with Crippen LogP contribution in [0.3, 0.4) is 0 Å². The molecule has 102 valence electrons. The van der Waals surface area contributed by atoms with Crippen LogP contribution < -0.4 is 4.74 Å². The van der Waals surface area contributed by atoms with Gasteiger partial charge in [0.2, 0.25) is 0 Å². The van der Waals surface area contributed by atoms with Crippen molar-refractivity contribution in [2.45, 2.75) is 26.7 Å². The Morgan fingerprint density at radius 3 is 2.85 bits per heavy atom. The molecule has 0 amide bonds. The summed E-state index contributed by atoms with van der Waals surface area (Å²) in [7, 11) is 0. The highest BCUT2D eigenvalue weighted by atomic mass is 16.5. The second kappa shape index (κ2) is 5.12. The third-order valence-electron chi connectivity index (χ3n) is 4.02. The lowest BCUT2D eigenvalue weighted by Crippen LogP contribution is -2.10. The minimum atomic E-state index is 0.0968. The van der Waals surface area contributed by atoms with Gasteiger partial charge in [-0.15, -0.1) is 0 Å². The van der Waals surface area contributed by atoms with Gasteiger partial charge < -0.3 is 4.74 Å². The summed E-state index contributed by atoms with van der Waals surface area (Å²) in [5.41, 5.74) is 4.90. The van der Waals surface area contributed by atoms with Gasteiger partial charge in [0.1, 0.15) is 5.75 Å². The monoisotopic (exact) mass is 266 g/mol. The molecule has 3 rings (SSSR count). The number of benzene rings is 2. The van der Waals surface area contributed by atoms with E-state index in [1.165, 1.54) is 0 Å². The second-order valence-electron chi connectivity index (χ2n) is 5.35. The molecule has 20 heavy (non-hydrogen) atoms. The van der Waals surface area contributed by atoms with Crippen molar-refractivity contribution in [1.29, 1.82) is 0 Å². The number of aryl methyl sites for hydroxylation is 2. The second-order valence-corrected chi connectivity index (χ2v) is 5.35. The fraction of sp³-hybridized carbons (Fsp3) is 0.278. The highest BCUT2D eigenvalue weighted by Gasteiger charge is 2.16. The van der Waals surface area contributed by atoms with E-state index in [-0.39, 0.29) is 5.78 Å². The molecule has 0 N–H and O–H groups in total. The number of rotatable bonds is 2. The summed E-state index contributed by atoms with van der Waals surface area (Å²) in [5.74, 6) is 1.02. The maximum absolute atomic E-state index is 12.7. The van der Waals surface area contributed by atoms with Crippen LogP contribution in [-0.4, -0.2) is 12.4 Å². The van der Waals surface area contributed by atoms with Gasteiger partial charge in [-0.1, -0.05) is 18.2 Å². The van der Waals surface area contributed by atoms with Crippen molar-refractivity contribution in [1.82, 2.24) is 0 Å². The molecule has 1 aliphatic rings. The van der Waals surface area contributed by atoms with Gasteiger partial charge in [-0.2, -0.15) is 0 Å². The van der Waals surface area contributed by atoms with Crippen molar-refractivity contribution in [2.24, 2.45) is 0 Å². The number of ketones is 1. The minimum Gasteiger partial charge on any atom is -0.493 e. The number of hydrogen-bond donors (Lipinski definition) is 0. The summed E-state index contributed by atoms with van der Waals surface area (Å²) in [4.78, 5) is 12.7. The Labute approximate surface area is 119 Å². The predicted molar refractivity (Wildman–Crippen MR) is 79.6 cm³/mol. The van der Waals surface area contributed by atoms with Gasteiger partial charge in [-0.3, -0.25) is 4.79 Å². The largest absolute Gasteiger partial charge is 0.493 e. The summed E-state index contributed by atoms with van der Waals surface area (Å²) in [5, 5.41) is 0. The molecule has 2 aromatic carbocycles. The van der Waals surface area contributed by atoms with Crippen LogP contribution in [0.1, 0.15) is 39.0 Å². The lowest BCUT2D eigenvalue weighted by molar-refractivity contribution is 0.103. The third-order valence-corrected chi connectivity index (χ3v) is 4.02. The summed E-state index contributed by atoms with van der Waals surface area (Å²) < 4.78 is 5.60. The molecule has 0 saturated carbocycles. The Hall–Kier alpha value is -2.09. The normalized spacial score (nSPS) is 13.5. The van der Waals surface area contributed by atoms with Crippen LogP contribution in [0.5, 0.6) is 5.75 Å². The molecular weight excluding hydrogens is 248 g/mol. The van der Waals surface area contributed by atoms with Gasteiger partial charge in [0, 0.05) is 11.1 Å². The van der Waals surface area contributed by atoms with Gasteiger partial charge in [-0.05, 0) is 61.6 Å². The zero-order chi connectivity index (χ0) is 14.1. The molecular formula is C18H18O2. The summed E-state index contributed by atoms with van der Waals surface area (Å²) in [6, 6.07) is 11.7. The molecule has 2 heteroatoms. The van der Waals surface area contributed by atoms with E-state index in [4.69, 9.17) is 4.74 Å². The van der Waals surface area contributed by atoms with Crippen molar-refractivity contribution < 1.29 is 9.53 Å². The van der Waals surface area contributed by atoms with Gasteiger partial charge in [0.25, 0.3) is 0 Å². The van der Waals surface area contributed by atoms with E-state index in [1.807, 2.05) is 50.2 Å². The Morgan fingerprint density at radius 2 is 2.00 bits per heavy atom. The molecule has 0 unspecified atom stereocenters. The van der Waals surface area contributed by atoms with Crippen LogP contribution in [0.4, 0.5) is 0 Å². The quantitative estimate of drug-likeness (QED) is 0.771. The van der Waals surface area contributed by atoms with E-state index in [0.717, 1.165) is 53.0 Å². The summed E-state index contributed by atoms with van der Waals surface area (Å²) in [6.45, 7) is 4.81. The molecule has 0 saturated heterocycles. The summed E-state index contributed by atoms with van der Waals surface area (Å²) >= 11 is 0. The van der Waals surface area contributed by atoms with Crippen molar-refractivity contribution in [3.63, 3.8) is 0 Å². The number of carbonyl (C=O) groups is 1. The first-order chi connectivity index (χ1) is 9.66. The minimum absolute atomic E-state index is 0.0968. The van der Waals surface area contributed by atoms with E-state index >= 15 is 0 Å². The molecule has 0 atom stereocenters. The first-order valence-electron chi connectivity index (χ1n) is 7.03. The topological polar surface area (TPSA) is 26.3 Å². The van der Waals surface area contributed by atoms with Gasteiger partial charge in [-0.25, -0.2) is 0 Å². The van der Waals surface area contributed by atoms with Crippen molar-refractivity contribution >= 4 is 5.78 Å². The lowest BCUT2D eigenvalue weighted by Gasteiger charge is -2.18. The molecule has 1 heterocycles. The van der Waals surface area contributed by atoms with E-state index in [2.05, 4.69) is 0 Å². The van der Waals surface area contributed by atoms with Crippen molar-refractivity contribution in [3.8, 4) is 5.75 Å².